The number of hydrogen-bond acceptors (Lipinski definition) is 4. The fourth-order valence-electron chi connectivity index (χ4n) is 4.47. The van der Waals surface area contributed by atoms with Gasteiger partial charge in [0.25, 0.3) is 0 Å². The van der Waals surface area contributed by atoms with E-state index >= 15 is 0 Å². The zero-order chi connectivity index (χ0) is 27.6. The summed E-state index contributed by atoms with van der Waals surface area (Å²) in [6.07, 6.45) is 4.67. The molecule has 0 aromatic heterocycles. The number of rotatable bonds is 10. The quantitative estimate of drug-likeness (QED) is 0.285. The molecule has 1 heterocycles. The smallest absolute Gasteiger partial charge is 0.0443 e. The lowest BCUT2D eigenvalue weighted by molar-refractivity contribution is 0.122. The van der Waals surface area contributed by atoms with Gasteiger partial charge in [0, 0.05) is 38.0 Å². The van der Waals surface area contributed by atoms with Gasteiger partial charge < -0.3 is 15.7 Å². The van der Waals surface area contributed by atoms with Crippen LogP contribution in [0.3, 0.4) is 0 Å². The average molecular weight is 512 g/mol. The van der Waals surface area contributed by atoms with Gasteiger partial charge in [-0.2, -0.15) is 0 Å². The lowest BCUT2D eigenvalue weighted by Crippen LogP contribution is -2.39. The van der Waals surface area contributed by atoms with Crippen LogP contribution in [0.1, 0.15) is 96.4 Å². The maximum atomic E-state index is 8.91. The minimum atomic E-state index is 0.239. The Bertz CT molecular complexity index is 848. The number of aliphatic hydroxyl groups is 1. The molecule has 0 spiro atoms. The fourth-order valence-corrected chi connectivity index (χ4v) is 4.47. The summed E-state index contributed by atoms with van der Waals surface area (Å²) in [5, 5.41) is 15.9. The van der Waals surface area contributed by atoms with E-state index in [1.807, 2.05) is 0 Å². The van der Waals surface area contributed by atoms with Gasteiger partial charge in [0.1, 0.15) is 0 Å². The summed E-state index contributed by atoms with van der Waals surface area (Å²) in [7, 11) is 0. The highest BCUT2D eigenvalue weighted by Gasteiger charge is 2.22. The Hall–Kier alpha value is -1.88. The van der Waals surface area contributed by atoms with E-state index in [0.717, 1.165) is 50.1 Å². The lowest BCUT2D eigenvalue weighted by Gasteiger charge is -2.36. The van der Waals surface area contributed by atoms with Crippen molar-refractivity contribution in [2.75, 3.05) is 25.0 Å². The van der Waals surface area contributed by atoms with E-state index in [1.54, 1.807) is 0 Å². The van der Waals surface area contributed by atoms with Crippen LogP contribution in [0.5, 0.6) is 0 Å². The molecule has 2 aromatic rings. The topological polar surface area (TPSA) is 47.5 Å². The molecule has 1 aliphatic rings. The number of aryl methyl sites for hydroxylation is 1. The molecule has 1 saturated heterocycles. The molecule has 2 unspecified atom stereocenters. The molecule has 0 bridgehead atoms. The largest absolute Gasteiger partial charge is 0.396 e. The van der Waals surface area contributed by atoms with Crippen molar-refractivity contribution >= 4 is 5.69 Å². The molecule has 2 aromatic carbocycles. The van der Waals surface area contributed by atoms with Crippen LogP contribution in [0.15, 0.2) is 42.5 Å². The molecule has 210 valence electrons. The van der Waals surface area contributed by atoms with Crippen molar-refractivity contribution < 1.29 is 5.11 Å². The number of benzene rings is 2. The highest BCUT2D eigenvalue weighted by molar-refractivity contribution is 5.49. The normalized spacial score (nSPS) is 17.5. The summed E-state index contributed by atoms with van der Waals surface area (Å²) >= 11 is 0. The van der Waals surface area contributed by atoms with E-state index in [0.29, 0.717) is 6.04 Å². The molecule has 3 rings (SSSR count). The molecule has 1 aliphatic heterocycles. The SMILES string of the molecule is CC(C)C.CCC.Cc1cc(CNCCCO)cc(NCc2cccc(CN3CCC(C)CC3C)c2)c1. The van der Waals surface area contributed by atoms with E-state index < -0.39 is 0 Å². The summed E-state index contributed by atoms with van der Waals surface area (Å²) in [5.74, 6) is 1.69. The van der Waals surface area contributed by atoms with Crippen molar-refractivity contribution in [1.29, 1.82) is 0 Å². The van der Waals surface area contributed by atoms with Gasteiger partial charge in [-0.15, -0.1) is 0 Å². The number of likely N-dealkylation sites (tertiary alicyclic amines) is 1. The van der Waals surface area contributed by atoms with Gasteiger partial charge in [0.15, 0.2) is 0 Å². The van der Waals surface area contributed by atoms with Gasteiger partial charge >= 0.3 is 0 Å². The standard InChI is InChI=1S/C26H39N3O.C4H10.C3H8/c1-20-8-10-29(22(3)12-20)19-24-7-4-6-23(15-24)18-28-26-14-21(2)13-25(16-26)17-27-9-5-11-30;1-4(2)3;1-3-2/h4,6-7,13-16,20,22,27-28,30H,5,8-12,17-19H2,1-3H3;4H,1-3H3;3H2,1-2H3. The Kier molecular flexibility index (Phi) is 17.2. The van der Waals surface area contributed by atoms with Gasteiger partial charge in [-0.3, -0.25) is 4.90 Å². The fraction of sp³-hybridized carbons (Fsp3) is 0.636. The molecule has 4 nitrogen and oxygen atoms in total. The van der Waals surface area contributed by atoms with Crippen molar-refractivity contribution in [2.24, 2.45) is 11.8 Å². The van der Waals surface area contributed by atoms with Crippen molar-refractivity contribution in [3.8, 4) is 0 Å². The molecular formula is C33H57N3O. The van der Waals surface area contributed by atoms with Crippen LogP contribution < -0.4 is 10.6 Å². The van der Waals surface area contributed by atoms with Gasteiger partial charge in [0.2, 0.25) is 0 Å². The van der Waals surface area contributed by atoms with Crippen LogP contribution in [-0.2, 0) is 19.6 Å². The van der Waals surface area contributed by atoms with E-state index in [4.69, 9.17) is 5.11 Å². The molecule has 0 saturated carbocycles. The van der Waals surface area contributed by atoms with Gasteiger partial charge in [-0.25, -0.2) is 0 Å². The zero-order valence-electron chi connectivity index (χ0n) is 25.2. The predicted octanol–water partition coefficient (Wildman–Crippen LogP) is 7.78. The first kappa shape index (κ1) is 33.1. The summed E-state index contributed by atoms with van der Waals surface area (Å²) in [4.78, 5) is 2.63. The molecule has 2 atom stereocenters. The number of nitrogens with zero attached hydrogens (tertiary/aromatic N) is 1. The van der Waals surface area contributed by atoms with Crippen LogP contribution >= 0.6 is 0 Å². The third-order valence-electron chi connectivity index (χ3n) is 6.13. The first-order chi connectivity index (χ1) is 17.7. The Morgan fingerprint density at radius 2 is 1.65 bits per heavy atom. The van der Waals surface area contributed by atoms with Gasteiger partial charge in [-0.1, -0.05) is 78.3 Å². The Balaban J connectivity index is 0.000000873. The molecular weight excluding hydrogens is 454 g/mol. The first-order valence-electron chi connectivity index (χ1n) is 14.7. The summed E-state index contributed by atoms with van der Waals surface area (Å²) in [6, 6.07) is 16.3. The maximum Gasteiger partial charge on any atom is 0.0443 e. The lowest BCUT2D eigenvalue weighted by atomic mass is 9.93. The second-order valence-corrected chi connectivity index (χ2v) is 11.5. The molecule has 37 heavy (non-hydrogen) atoms. The van der Waals surface area contributed by atoms with Crippen LogP contribution in [0.2, 0.25) is 0 Å². The summed E-state index contributed by atoms with van der Waals surface area (Å²) in [6.45, 7) is 22.6. The predicted molar refractivity (Wildman–Crippen MR) is 163 cm³/mol. The number of nitrogens with one attached hydrogen (secondary N) is 2. The van der Waals surface area contributed by atoms with E-state index in [-0.39, 0.29) is 6.61 Å². The molecule has 3 N–H and O–H groups in total. The van der Waals surface area contributed by atoms with Crippen molar-refractivity contribution in [2.45, 2.75) is 107 Å². The number of anilines is 1. The minimum absolute atomic E-state index is 0.239. The third kappa shape index (κ3) is 15.2. The molecule has 4 heteroatoms. The Morgan fingerprint density at radius 1 is 0.973 bits per heavy atom. The molecule has 1 fully saturated rings. The highest BCUT2D eigenvalue weighted by Crippen LogP contribution is 2.24. The van der Waals surface area contributed by atoms with Crippen LogP contribution in [0.4, 0.5) is 5.69 Å². The minimum Gasteiger partial charge on any atom is -0.396 e. The van der Waals surface area contributed by atoms with Crippen LogP contribution in [0.25, 0.3) is 0 Å². The molecule has 0 amide bonds. The first-order valence-corrected chi connectivity index (χ1v) is 14.7. The summed E-state index contributed by atoms with van der Waals surface area (Å²) in [5.41, 5.74) is 6.44. The Morgan fingerprint density at radius 3 is 2.30 bits per heavy atom. The average Bonchev–Trinajstić information content (AvgIpc) is 2.83. The Labute approximate surface area is 229 Å². The van der Waals surface area contributed by atoms with Crippen molar-refractivity contribution in [1.82, 2.24) is 10.2 Å². The van der Waals surface area contributed by atoms with Gasteiger partial charge in [0.05, 0.1) is 0 Å². The van der Waals surface area contributed by atoms with Crippen LogP contribution in [-0.4, -0.2) is 35.7 Å². The van der Waals surface area contributed by atoms with E-state index in [1.165, 1.54) is 48.1 Å². The molecule has 0 aliphatic carbocycles. The molecule has 0 radical (unpaired) electrons. The maximum absolute atomic E-state index is 8.91. The van der Waals surface area contributed by atoms with E-state index in [9.17, 15) is 0 Å². The second kappa shape index (κ2) is 19.2. The number of hydrogen-bond donors (Lipinski definition) is 3. The van der Waals surface area contributed by atoms with E-state index in [2.05, 4.69) is 113 Å². The highest BCUT2D eigenvalue weighted by atomic mass is 16.3. The number of aliphatic hydroxyl groups excluding tert-OH is 1. The number of piperidine rings is 1. The van der Waals surface area contributed by atoms with Crippen molar-refractivity contribution in [3.05, 3.63) is 64.7 Å². The van der Waals surface area contributed by atoms with Crippen molar-refractivity contribution in [3.63, 3.8) is 0 Å². The second-order valence-electron chi connectivity index (χ2n) is 11.5. The van der Waals surface area contributed by atoms with Gasteiger partial charge in [-0.05, 0) is 92.4 Å². The van der Waals surface area contributed by atoms with Crippen LogP contribution in [0, 0.1) is 18.8 Å². The monoisotopic (exact) mass is 511 g/mol. The third-order valence-corrected chi connectivity index (χ3v) is 6.13. The zero-order valence-corrected chi connectivity index (χ0v) is 25.2. The summed E-state index contributed by atoms with van der Waals surface area (Å²) < 4.78 is 0.